The molecule has 2 aromatic rings. The normalized spacial score (nSPS) is 13.5. The van der Waals surface area contributed by atoms with Crippen LogP contribution in [0.1, 0.15) is 39.0 Å². The van der Waals surface area contributed by atoms with E-state index < -0.39 is 0 Å². The fraction of sp³-hybridized carbons (Fsp3) is 0.476. The van der Waals surface area contributed by atoms with Gasteiger partial charge in [0.25, 0.3) is 0 Å². The molecule has 0 unspecified atom stereocenters. The highest BCUT2D eigenvalue weighted by Gasteiger charge is 2.25. The van der Waals surface area contributed by atoms with Gasteiger partial charge in [-0.2, -0.15) is 0 Å². The third-order valence-corrected chi connectivity index (χ3v) is 4.95. The molecule has 1 aromatic carbocycles. The van der Waals surface area contributed by atoms with Gasteiger partial charge in [0.05, 0.1) is 18.8 Å². The lowest BCUT2D eigenvalue weighted by molar-refractivity contribution is 0.168. The number of aromatic nitrogens is 2. The molecule has 3 rings (SSSR count). The molecule has 1 aliphatic rings. The summed E-state index contributed by atoms with van der Waals surface area (Å²) < 4.78 is 0. The average molecular weight is 367 g/mol. The van der Waals surface area contributed by atoms with E-state index in [0.717, 1.165) is 23.4 Å². The van der Waals surface area contributed by atoms with Gasteiger partial charge in [0.1, 0.15) is 0 Å². The van der Waals surface area contributed by atoms with E-state index in [4.69, 9.17) is 0 Å². The van der Waals surface area contributed by atoms with E-state index in [1.165, 1.54) is 0 Å². The van der Waals surface area contributed by atoms with Crippen molar-refractivity contribution >= 4 is 6.03 Å². The van der Waals surface area contributed by atoms with E-state index in [1.54, 1.807) is 4.90 Å². The summed E-state index contributed by atoms with van der Waals surface area (Å²) in [6.45, 7) is 11.3. The summed E-state index contributed by atoms with van der Waals surface area (Å²) in [5.41, 5.74) is 2.95. The summed E-state index contributed by atoms with van der Waals surface area (Å²) in [6, 6.07) is 10.8. The first kappa shape index (κ1) is 19.3. The first-order valence-electron chi connectivity index (χ1n) is 9.64. The summed E-state index contributed by atoms with van der Waals surface area (Å²) in [4.78, 5) is 25.8. The van der Waals surface area contributed by atoms with Crippen molar-refractivity contribution < 1.29 is 4.79 Å². The number of amides is 2. The van der Waals surface area contributed by atoms with Crippen molar-refractivity contribution in [2.24, 2.45) is 0 Å². The van der Waals surface area contributed by atoms with Crippen LogP contribution >= 0.6 is 0 Å². The van der Waals surface area contributed by atoms with Gasteiger partial charge in [-0.15, -0.1) is 0 Å². The fourth-order valence-corrected chi connectivity index (χ4v) is 3.54. The smallest absolute Gasteiger partial charge is 0.318 e. The minimum atomic E-state index is -0.0401. The van der Waals surface area contributed by atoms with Crippen molar-refractivity contribution in [3.8, 4) is 11.4 Å². The standard InChI is InChI=1S/C21H29N5O/c1-15(2)26(16(3)4)11-10-22-21(27)25-13-18-12-23-20(24-19(18)14-25)17-8-6-5-7-9-17/h5-9,12,15-16H,10-11,13-14H2,1-4H3,(H,22,27). The van der Waals surface area contributed by atoms with Crippen molar-refractivity contribution in [2.45, 2.75) is 52.9 Å². The molecule has 0 saturated carbocycles. The molecule has 0 radical (unpaired) electrons. The van der Waals surface area contributed by atoms with Crippen LogP contribution in [0, 0.1) is 0 Å². The largest absolute Gasteiger partial charge is 0.337 e. The molecule has 1 aromatic heterocycles. The minimum absolute atomic E-state index is 0.0401. The van der Waals surface area contributed by atoms with Crippen molar-refractivity contribution in [2.75, 3.05) is 13.1 Å². The van der Waals surface area contributed by atoms with Crippen LogP contribution in [0.3, 0.4) is 0 Å². The van der Waals surface area contributed by atoms with Crippen LogP contribution in [-0.2, 0) is 13.1 Å². The third-order valence-electron chi connectivity index (χ3n) is 4.95. The lowest BCUT2D eigenvalue weighted by Crippen LogP contribution is -2.44. The molecule has 0 atom stereocenters. The second kappa shape index (κ2) is 8.48. The number of urea groups is 1. The van der Waals surface area contributed by atoms with Crippen molar-refractivity contribution in [1.29, 1.82) is 0 Å². The third kappa shape index (κ3) is 4.63. The highest BCUT2D eigenvalue weighted by atomic mass is 16.2. The lowest BCUT2D eigenvalue weighted by Gasteiger charge is -2.30. The summed E-state index contributed by atoms with van der Waals surface area (Å²) in [5, 5.41) is 3.04. The Morgan fingerprint density at radius 2 is 1.85 bits per heavy atom. The summed E-state index contributed by atoms with van der Waals surface area (Å²) >= 11 is 0. The Kier molecular flexibility index (Phi) is 6.06. The number of carbonyl (C=O) groups excluding carboxylic acids is 1. The second-order valence-corrected chi connectivity index (χ2v) is 7.54. The second-order valence-electron chi connectivity index (χ2n) is 7.54. The Balaban J connectivity index is 1.57. The van der Waals surface area contributed by atoms with E-state index in [1.807, 2.05) is 36.5 Å². The van der Waals surface area contributed by atoms with Crippen LogP contribution in [0.4, 0.5) is 4.79 Å². The van der Waals surface area contributed by atoms with Crippen molar-refractivity contribution in [3.05, 3.63) is 47.8 Å². The van der Waals surface area contributed by atoms with Crippen LogP contribution in [0.15, 0.2) is 36.5 Å². The Morgan fingerprint density at radius 1 is 1.15 bits per heavy atom. The predicted molar refractivity (Wildman–Crippen MR) is 107 cm³/mol. The van der Waals surface area contributed by atoms with Gasteiger partial charge in [0.15, 0.2) is 5.82 Å². The zero-order valence-electron chi connectivity index (χ0n) is 16.6. The number of carbonyl (C=O) groups is 1. The highest BCUT2D eigenvalue weighted by Crippen LogP contribution is 2.23. The Hall–Kier alpha value is -2.47. The maximum Gasteiger partial charge on any atom is 0.318 e. The first-order chi connectivity index (χ1) is 13.0. The van der Waals surface area contributed by atoms with E-state index in [9.17, 15) is 4.79 Å². The van der Waals surface area contributed by atoms with Crippen LogP contribution in [0.5, 0.6) is 0 Å². The molecule has 0 saturated heterocycles. The van der Waals surface area contributed by atoms with E-state index in [0.29, 0.717) is 37.5 Å². The number of rotatable bonds is 6. The first-order valence-corrected chi connectivity index (χ1v) is 9.64. The van der Waals surface area contributed by atoms with E-state index in [-0.39, 0.29) is 6.03 Å². The van der Waals surface area contributed by atoms with Crippen LogP contribution in [-0.4, -0.2) is 51.0 Å². The lowest BCUT2D eigenvalue weighted by atomic mass is 10.2. The zero-order chi connectivity index (χ0) is 19.4. The SMILES string of the molecule is CC(C)N(CCNC(=O)N1Cc2cnc(-c3ccccc3)nc2C1)C(C)C. The molecule has 0 aliphatic carbocycles. The molecule has 0 fully saturated rings. The molecule has 27 heavy (non-hydrogen) atoms. The number of hydrogen-bond donors (Lipinski definition) is 1. The molecule has 6 heteroatoms. The van der Waals surface area contributed by atoms with E-state index >= 15 is 0 Å². The van der Waals surface area contributed by atoms with Gasteiger partial charge in [-0.25, -0.2) is 14.8 Å². The van der Waals surface area contributed by atoms with Crippen LogP contribution < -0.4 is 5.32 Å². The minimum Gasteiger partial charge on any atom is -0.337 e. The molecular weight excluding hydrogens is 338 g/mol. The Labute approximate surface area is 161 Å². The zero-order valence-corrected chi connectivity index (χ0v) is 16.6. The van der Waals surface area contributed by atoms with Gasteiger partial charge in [-0.1, -0.05) is 30.3 Å². The Bertz CT molecular complexity index is 767. The fourth-order valence-electron chi connectivity index (χ4n) is 3.54. The quantitative estimate of drug-likeness (QED) is 0.851. The van der Waals surface area contributed by atoms with Gasteiger partial charge in [-0.05, 0) is 27.7 Å². The van der Waals surface area contributed by atoms with Gasteiger partial charge < -0.3 is 10.2 Å². The molecule has 0 spiro atoms. The van der Waals surface area contributed by atoms with Gasteiger partial charge >= 0.3 is 6.03 Å². The molecule has 144 valence electrons. The predicted octanol–water partition coefficient (Wildman–Crippen LogP) is 3.29. The highest BCUT2D eigenvalue weighted by molar-refractivity contribution is 5.75. The number of fused-ring (bicyclic) bond motifs is 1. The molecule has 1 N–H and O–H groups in total. The van der Waals surface area contributed by atoms with Gasteiger partial charge in [-0.3, -0.25) is 4.90 Å². The number of benzene rings is 1. The van der Waals surface area contributed by atoms with Crippen molar-refractivity contribution in [3.63, 3.8) is 0 Å². The average Bonchev–Trinajstić information content (AvgIpc) is 3.08. The monoisotopic (exact) mass is 367 g/mol. The molecule has 2 heterocycles. The Morgan fingerprint density at radius 3 is 2.52 bits per heavy atom. The van der Waals surface area contributed by atoms with Crippen LogP contribution in [0.2, 0.25) is 0 Å². The molecule has 6 nitrogen and oxygen atoms in total. The number of hydrogen-bond acceptors (Lipinski definition) is 4. The van der Waals surface area contributed by atoms with Crippen molar-refractivity contribution in [1.82, 2.24) is 25.1 Å². The van der Waals surface area contributed by atoms with E-state index in [2.05, 4.69) is 47.9 Å². The van der Waals surface area contributed by atoms with Gasteiger partial charge in [0.2, 0.25) is 0 Å². The molecule has 0 bridgehead atoms. The number of nitrogens with zero attached hydrogens (tertiary/aromatic N) is 4. The molecule has 1 aliphatic heterocycles. The maximum absolute atomic E-state index is 12.5. The van der Waals surface area contributed by atoms with Crippen LogP contribution in [0.25, 0.3) is 11.4 Å². The summed E-state index contributed by atoms with van der Waals surface area (Å²) in [7, 11) is 0. The number of nitrogens with one attached hydrogen (secondary N) is 1. The maximum atomic E-state index is 12.5. The molecule has 2 amide bonds. The summed E-state index contributed by atoms with van der Waals surface area (Å²) in [5.74, 6) is 0.709. The van der Waals surface area contributed by atoms with Gasteiger partial charge in [0, 0.05) is 42.5 Å². The molecular formula is C21H29N5O. The topological polar surface area (TPSA) is 61.4 Å². The summed E-state index contributed by atoms with van der Waals surface area (Å²) in [6.07, 6.45) is 1.84.